The van der Waals surface area contributed by atoms with E-state index in [1.807, 2.05) is 22.6 Å². The van der Waals surface area contributed by atoms with E-state index < -0.39 is 5.95 Å². The molecular weight excluding hydrogens is 469 g/mol. The van der Waals surface area contributed by atoms with Crippen molar-refractivity contribution in [2.75, 3.05) is 0 Å². The summed E-state index contributed by atoms with van der Waals surface area (Å²) in [6.07, 6.45) is 1.38. The van der Waals surface area contributed by atoms with Gasteiger partial charge in [0.1, 0.15) is 0 Å². The third kappa shape index (κ3) is 2.92. The predicted octanol–water partition coefficient (Wildman–Crippen LogP) is 6.76. The molecule has 100 valence electrons. The van der Waals surface area contributed by atoms with E-state index >= 15 is 0 Å². The first-order valence-electron chi connectivity index (χ1n) is 4.67. The molecule has 2 aromatic rings. The van der Waals surface area contributed by atoms with Crippen LogP contribution < -0.4 is 0 Å². The molecule has 0 aliphatic carbocycles. The monoisotopic (exact) mass is 469 g/mol. The fraction of sp³-hybridized carbons (Fsp3) is 0. The molecule has 1 heterocycles. The van der Waals surface area contributed by atoms with E-state index in [2.05, 4.69) is 4.98 Å². The van der Waals surface area contributed by atoms with Crippen molar-refractivity contribution in [3.63, 3.8) is 0 Å². The van der Waals surface area contributed by atoms with E-state index in [-0.39, 0.29) is 36.2 Å². The Labute approximate surface area is 147 Å². The topological polar surface area (TPSA) is 12.9 Å². The van der Waals surface area contributed by atoms with Gasteiger partial charge in [-0.15, -0.1) is 0 Å². The van der Waals surface area contributed by atoms with Crippen LogP contribution in [0.1, 0.15) is 0 Å². The molecule has 1 aromatic heterocycles. The van der Waals surface area contributed by atoms with Crippen LogP contribution in [0.4, 0.5) is 4.39 Å². The summed E-state index contributed by atoms with van der Waals surface area (Å²) in [7, 11) is 0. The SMILES string of the molecule is Fc1ncc(I)cc1-c1c(Cl)c(Cl)c(Cl)c(Cl)c1Cl. The molecule has 1 aromatic carbocycles. The highest BCUT2D eigenvalue weighted by molar-refractivity contribution is 14.1. The van der Waals surface area contributed by atoms with Gasteiger partial charge in [-0.2, -0.15) is 4.39 Å². The predicted molar refractivity (Wildman–Crippen MR) is 87.4 cm³/mol. The molecule has 0 amide bonds. The molecule has 8 heteroatoms. The molecule has 0 unspecified atom stereocenters. The number of hydrogen-bond acceptors (Lipinski definition) is 1. The lowest BCUT2D eigenvalue weighted by Crippen LogP contribution is -1.93. The van der Waals surface area contributed by atoms with Crippen LogP contribution in [0.5, 0.6) is 0 Å². The summed E-state index contributed by atoms with van der Waals surface area (Å²) in [4.78, 5) is 3.61. The van der Waals surface area contributed by atoms with E-state index in [4.69, 9.17) is 58.0 Å². The Hall–Kier alpha value is 0.480. The molecule has 1 nitrogen and oxygen atoms in total. The average Bonchev–Trinajstić information content (AvgIpc) is 2.38. The van der Waals surface area contributed by atoms with Crippen LogP contribution >= 0.6 is 80.6 Å². The van der Waals surface area contributed by atoms with Crippen molar-refractivity contribution in [2.45, 2.75) is 0 Å². The zero-order valence-electron chi connectivity index (χ0n) is 8.75. The van der Waals surface area contributed by atoms with Gasteiger partial charge >= 0.3 is 0 Å². The molecule has 19 heavy (non-hydrogen) atoms. The first kappa shape index (κ1) is 15.9. The lowest BCUT2D eigenvalue weighted by Gasteiger charge is -2.13. The van der Waals surface area contributed by atoms with Gasteiger partial charge in [0, 0.05) is 20.9 Å². The number of benzene rings is 1. The maximum Gasteiger partial charge on any atom is 0.220 e. The number of rotatable bonds is 1. The van der Waals surface area contributed by atoms with Gasteiger partial charge in [-0.1, -0.05) is 58.0 Å². The summed E-state index contributed by atoms with van der Waals surface area (Å²) in [5.41, 5.74) is 0.286. The minimum Gasteiger partial charge on any atom is -0.227 e. The molecule has 2 rings (SSSR count). The van der Waals surface area contributed by atoms with Crippen molar-refractivity contribution in [3.8, 4) is 11.1 Å². The van der Waals surface area contributed by atoms with Crippen LogP contribution in [0, 0.1) is 9.52 Å². The van der Waals surface area contributed by atoms with Gasteiger partial charge in [-0.05, 0) is 28.7 Å². The lowest BCUT2D eigenvalue weighted by molar-refractivity contribution is 0.587. The van der Waals surface area contributed by atoms with Gasteiger partial charge in [-0.25, -0.2) is 4.98 Å². The molecule has 0 saturated carbocycles. The molecule has 0 bridgehead atoms. The number of halogens is 7. The van der Waals surface area contributed by atoms with Gasteiger partial charge in [0.25, 0.3) is 0 Å². The van der Waals surface area contributed by atoms with Crippen molar-refractivity contribution in [1.82, 2.24) is 4.98 Å². The Morgan fingerprint density at radius 2 is 1.37 bits per heavy atom. The summed E-state index contributed by atoms with van der Waals surface area (Å²) >= 11 is 31.9. The number of nitrogens with zero attached hydrogens (tertiary/aromatic N) is 1. The zero-order valence-corrected chi connectivity index (χ0v) is 14.7. The Balaban J connectivity index is 2.87. The Kier molecular flexibility index (Phi) is 5.07. The molecule has 0 spiro atoms. The molecule has 0 aliphatic heterocycles. The van der Waals surface area contributed by atoms with Crippen molar-refractivity contribution >= 4 is 80.6 Å². The van der Waals surface area contributed by atoms with E-state index in [9.17, 15) is 4.39 Å². The fourth-order valence-electron chi connectivity index (χ4n) is 1.44. The van der Waals surface area contributed by atoms with E-state index in [0.717, 1.165) is 0 Å². The third-order valence-corrected chi connectivity index (χ3v) is 5.15. The van der Waals surface area contributed by atoms with Crippen LogP contribution in [-0.2, 0) is 0 Å². The molecular formula is C11H2Cl5FIN. The molecule has 0 radical (unpaired) electrons. The summed E-state index contributed by atoms with van der Waals surface area (Å²) in [6, 6.07) is 1.54. The minimum absolute atomic E-state index is 0.0194. The summed E-state index contributed by atoms with van der Waals surface area (Å²) in [6.45, 7) is 0. The highest BCUT2D eigenvalue weighted by Gasteiger charge is 2.22. The smallest absolute Gasteiger partial charge is 0.220 e. The van der Waals surface area contributed by atoms with Crippen LogP contribution in [0.25, 0.3) is 11.1 Å². The Morgan fingerprint density at radius 3 is 1.89 bits per heavy atom. The Morgan fingerprint density at radius 1 is 0.895 bits per heavy atom. The van der Waals surface area contributed by atoms with E-state index in [0.29, 0.717) is 3.57 Å². The van der Waals surface area contributed by atoms with Crippen molar-refractivity contribution in [3.05, 3.63) is 46.9 Å². The van der Waals surface area contributed by atoms with Gasteiger partial charge in [0.2, 0.25) is 5.95 Å². The Bertz CT molecular complexity index is 648. The lowest BCUT2D eigenvalue weighted by atomic mass is 10.1. The van der Waals surface area contributed by atoms with Gasteiger partial charge in [-0.3, -0.25) is 0 Å². The summed E-state index contributed by atoms with van der Waals surface area (Å²) < 4.78 is 14.5. The van der Waals surface area contributed by atoms with Crippen molar-refractivity contribution < 1.29 is 4.39 Å². The third-order valence-electron chi connectivity index (χ3n) is 2.28. The summed E-state index contributed by atoms with van der Waals surface area (Å²) in [5, 5.41) is 0.130. The van der Waals surface area contributed by atoms with Gasteiger partial charge in [0.15, 0.2) is 0 Å². The van der Waals surface area contributed by atoms with Crippen LogP contribution in [0.2, 0.25) is 25.1 Å². The average molecular weight is 471 g/mol. The van der Waals surface area contributed by atoms with Gasteiger partial charge in [0.05, 0.1) is 25.1 Å². The van der Waals surface area contributed by atoms with Crippen LogP contribution in [0.3, 0.4) is 0 Å². The standard InChI is InChI=1S/C11H2Cl5FIN/c12-6-5(4-1-3(18)2-19-11(4)17)7(13)9(15)10(16)8(6)14/h1-2H. The first-order valence-corrected chi connectivity index (χ1v) is 7.64. The van der Waals surface area contributed by atoms with Gasteiger partial charge < -0.3 is 0 Å². The molecule has 0 atom stereocenters. The zero-order chi connectivity index (χ0) is 14.3. The van der Waals surface area contributed by atoms with E-state index in [1.54, 1.807) is 0 Å². The maximum atomic E-state index is 13.8. The molecule has 0 aliphatic rings. The normalized spacial score (nSPS) is 10.9. The minimum atomic E-state index is -0.723. The highest BCUT2D eigenvalue weighted by Crippen LogP contribution is 2.48. The quantitative estimate of drug-likeness (QED) is 0.194. The van der Waals surface area contributed by atoms with Crippen molar-refractivity contribution in [2.24, 2.45) is 0 Å². The summed E-state index contributed by atoms with van der Waals surface area (Å²) in [5.74, 6) is -0.723. The largest absolute Gasteiger partial charge is 0.227 e. The number of pyridine rings is 1. The van der Waals surface area contributed by atoms with Crippen LogP contribution in [-0.4, -0.2) is 4.98 Å². The fourth-order valence-corrected chi connectivity index (χ4v) is 3.23. The number of aromatic nitrogens is 1. The second kappa shape index (κ2) is 6.08. The number of hydrogen-bond donors (Lipinski definition) is 0. The molecule has 0 fully saturated rings. The first-order chi connectivity index (χ1) is 8.84. The second-order valence-corrected chi connectivity index (χ2v) is 6.57. The highest BCUT2D eigenvalue weighted by atomic mass is 127. The second-order valence-electron chi connectivity index (χ2n) is 3.44. The van der Waals surface area contributed by atoms with Crippen molar-refractivity contribution in [1.29, 1.82) is 0 Å². The van der Waals surface area contributed by atoms with E-state index in [1.165, 1.54) is 12.3 Å². The van der Waals surface area contributed by atoms with Crippen LogP contribution in [0.15, 0.2) is 12.3 Å². The molecule has 0 saturated heterocycles. The molecule has 0 N–H and O–H groups in total. The maximum absolute atomic E-state index is 13.8.